The number of nitrogens with zero attached hydrogens (tertiary/aromatic N) is 2. The summed E-state index contributed by atoms with van der Waals surface area (Å²) in [5.41, 5.74) is 6.17. The predicted molar refractivity (Wildman–Crippen MR) is 55.3 cm³/mol. The molecule has 2 heterocycles. The van der Waals surface area contributed by atoms with Crippen LogP contribution in [0.15, 0.2) is 28.9 Å². The van der Waals surface area contributed by atoms with Gasteiger partial charge in [-0.2, -0.15) is 4.98 Å². The molecule has 0 saturated heterocycles. The molecular weight excluding hydrogens is 194 g/mol. The van der Waals surface area contributed by atoms with Crippen LogP contribution < -0.4 is 10.5 Å². The Balaban J connectivity index is 2.40. The first-order valence-corrected chi connectivity index (χ1v) is 4.61. The van der Waals surface area contributed by atoms with E-state index in [-0.39, 0.29) is 5.95 Å². The quantitative estimate of drug-likeness (QED) is 0.825. The first-order valence-electron chi connectivity index (χ1n) is 4.61. The summed E-state index contributed by atoms with van der Waals surface area (Å²) in [7, 11) is 0. The highest BCUT2D eigenvalue weighted by atomic mass is 16.5. The van der Waals surface area contributed by atoms with Gasteiger partial charge in [-0.25, -0.2) is 4.98 Å². The summed E-state index contributed by atoms with van der Waals surface area (Å²) in [5.74, 6) is 1.27. The van der Waals surface area contributed by atoms with Gasteiger partial charge in [-0.05, 0) is 19.1 Å². The molecule has 0 aliphatic heterocycles. The maximum Gasteiger partial charge on any atom is 0.223 e. The van der Waals surface area contributed by atoms with E-state index in [1.165, 1.54) is 0 Å². The van der Waals surface area contributed by atoms with Crippen LogP contribution in [0.2, 0.25) is 0 Å². The van der Waals surface area contributed by atoms with Crippen molar-refractivity contribution in [2.75, 3.05) is 12.3 Å². The van der Waals surface area contributed by atoms with Gasteiger partial charge < -0.3 is 14.9 Å². The molecule has 0 fully saturated rings. The average molecular weight is 205 g/mol. The molecule has 2 N–H and O–H groups in total. The molecule has 0 amide bonds. The van der Waals surface area contributed by atoms with Gasteiger partial charge in [0.25, 0.3) is 0 Å². The number of ether oxygens (including phenoxy) is 1. The summed E-state index contributed by atoms with van der Waals surface area (Å²) in [6.07, 6.45) is 1.58. The molecule has 2 aromatic rings. The largest absolute Gasteiger partial charge is 0.478 e. The maximum atomic E-state index is 5.55. The SMILES string of the molecule is CCOc1cc(-c2ccco2)nc(N)n1. The van der Waals surface area contributed by atoms with Crippen molar-refractivity contribution in [3.8, 4) is 17.3 Å². The molecule has 0 spiro atoms. The molecule has 0 saturated carbocycles. The zero-order valence-electron chi connectivity index (χ0n) is 8.30. The topological polar surface area (TPSA) is 74.2 Å². The molecule has 0 radical (unpaired) electrons. The van der Waals surface area contributed by atoms with E-state index in [0.717, 1.165) is 0 Å². The third-order valence-corrected chi connectivity index (χ3v) is 1.79. The van der Waals surface area contributed by atoms with E-state index >= 15 is 0 Å². The Bertz CT molecular complexity index is 440. The van der Waals surface area contributed by atoms with Crippen LogP contribution in [0.1, 0.15) is 6.92 Å². The first-order chi connectivity index (χ1) is 7.29. The van der Waals surface area contributed by atoms with Gasteiger partial charge in [0.1, 0.15) is 5.69 Å². The molecule has 0 unspecified atom stereocenters. The third kappa shape index (κ3) is 2.07. The van der Waals surface area contributed by atoms with Crippen molar-refractivity contribution in [2.45, 2.75) is 6.92 Å². The number of nitrogens with two attached hydrogens (primary N) is 1. The highest BCUT2D eigenvalue weighted by molar-refractivity contribution is 5.54. The molecule has 0 atom stereocenters. The Morgan fingerprint density at radius 1 is 1.47 bits per heavy atom. The lowest BCUT2D eigenvalue weighted by Gasteiger charge is -2.04. The van der Waals surface area contributed by atoms with Crippen molar-refractivity contribution < 1.29 is 9.15 Å². The van der Waals surface area contributed by atoms with Crippen LogP contribution in [0.4, 0.5) is 5.95 Å². The molecule has 0 aromatic carbocycles. The Morgan fingerprint density at radius 3 is 3.00 bits per heavy atom. The lowest BCUT2D eigenvalue weighted by Crippen LogP contribution is -2.01. The summed E-state index contributed by atoms with van der Waals surface area (Å²) >= 11 is 0. The zero-order valence-corrected chi connectivity index (χ0v) is 8.30. The maximum absolute atomic E-state index is 5.55. The summed E-state index contributed by atoms with van der Waals surface area (Å²) in [5, 5.41) is 0. The van der Waals surface area contributed by atoms with E-state index in [1.54, 1.807) is 24.5 Å². The van der Waals surface area contributed by atoms with Gasteiger partial charge in [-0.15, -0.1) is 0 Å². The second kappa shape index (κ2) is 4.00. The summed E-state index contributed by atoms with van der Waals surface area (Å²) in [6.45, 7) is 2.42. The Labute approximate surface area is 86.9 Å². The van der Waals surface area contributed by atoms with Crippen molar-refractivity contribution in [3.05, 3.63) is 24.5 Å². The van der Waals surface area contributed by atoms with Crippen LogP contribution in [0.3, 0.4) is 0 Å². The highest BCUT2D eigenvalue weighted by Gasteiger charge is 2.07. The summed E-state index contributed by atoms with van der Waals surface area (Å²) in [6, 6.07) is 5.28. The number of hydrogen-bond donors (Lipinski definition) is 1. The average Bonchev–Trinajstić information content (AvgIpc) is 2.70. The van der Waals surface area contributed by atoms with Crippen LogP contribution in [-0.2, 0) is 0 Å². The monoisotopic (exact) mass is 205 g/mol. The molecule has 2 aromatic heterocycles. The van der Waals surface area contributed by atoms with Crippen molar-refractivity contribution in [3.63, 3.8) is 0 Å². The smallest absolute Gasteiger partial charge is 0.223 e. The molecule has 0 aliphatic rings. The second-order valence-corrected chi connectivity index (χ2v) is 2.86. The molecule has 2 rings (SSSR count). The van der Waals surface area contributed by atoms with Crippen molar-refractivity contribution >= 4 is 5.95 Å². The van der Waals surface area contributed by atoms with E-state index in [9.17, 15) is 0 Å². The number of aromatic nitrogens is 2. The number of hydrogen-bond acceptors (Lipinski definition) is 5. The zero-order chi connectivity index (χ0) is 10.7. The fourth-order valence-electron chi connectivity index (χ4n) is 1.22. The fourth-order valence-corrected chi connectivity index (χ4v) is 1.22. The molecule has 0 aliphatic carbocycles. The minimum atomic E-state index is 0.173. The van der Waals surface area contributed by atoms with E-state index in [2.05, 4.69) is 9.97 Å². The van der Waals surface area contributed by atoms with Gasteiger partial charge in [0.05, 0.1) is 12.9 Å². The van der Waals surface area contributed by atoms with Crippen molar-refractivity contribution in [1.29, 1.82) is 0 Å². The lowest BCUT2D eigenvalue weighted by atomic mass is 10.3. The van der Waals surface area contributed by atoms with Crippen LogP contribution >= 0.6 is 0 Å². The van der Waals surface area contributed by atoms with E-state index in [4.69, 9.17) is 14.9 Å². The number of nitrogen functional groups attached to an aromatic ring is 1. The Hall–Kier alpha value is -2.04. The second-order valence-electron chi connectivity index (χ2n) is 2.86. The predicted octanol–water partition coefficient (Wildman–Crippen LogP) is 1.72. The van der Waals surface area contributed by atoms with Gasteiger partial charge in [0.15, 0.2) is 5.76 Å². The minimum Gasteiger partial charge on any atom is -0.478 e. The van der Waals surface area contributed by atoms with E-state index in [1.807, 2.05) is 6.92 Å². The standard InChI is InChI=1S/C10H11N3O2/c1-2-14-9-6-7(12-10(11)13-9)8-4-3-5-15-8/h3-6H,2H2,1H3,(H2,11,12,13). The Morgan fingerprint density at radius 2 is 2.33 bits per heavy atom. The highest BCUT2D eigenvalue weighted by Crippen LogP contribution is 2.21. The molecular formula is C10H11N3O2. The van der Waals surface area contributed by atoms with Crippen LogP contribution in [0, 0.1) is 0 Å². The third-order valence-electron chi connectivity index (χ3n) is 1.79. The van der Waals surface area contributed by atoms with Gasteiger partial charge in [-0.3, -0.25) is 0 Å². The van der Waals surface area contributed by atoms with Gasteiger partial charge in [-0.1, -0.05) is 0 Å². The molecule has 0 bridgehead atoms. The minimum absolute atomic E-state index is 0.173. The molecule has 5 heteroatoms. The summed E-state index contributed by atoms with van der Waals surface area (Å²) < 4.78 is 10.5. The van der Waals surface area contributed by atoms with Gasteiger partial charge in [0, 0.05) is 6.07 Å². The summed E-state index contributed by atoms with van der Waals surface area (Å²) in [4.78, 5) is 7.99. The molecule has 5 nitrogen and oxygen atoms in total. The first kappa shape index (κ1) is 9.51. The normalized spacial score (nSPS) is 10.2. The Kier molecular flexibility index (Phi) is 2.53. The van der Waals surface area contributed by atoms with Gasteiger partial charge >= 0.3 is 0 Å². The van der Waals surface area contributed by atoms with E-state index < -0.39 is 0 Å². The van der Waals surface area contributed by atoms with Crippen molar-refractivity contribution in [2.24, 2.45) is 0 Å². The van der Waals surface area contributed by atoms with Gasteiger partial charge in [0.2, 0.25) is 11.8 Å². The van der Waals surface area contributed by atoms with Crippen molar-refractivity contribution in [1.82, 2.24) is 9.97 Å². The van der Waals surface area contributed by atoms with Crippen LogP contribution in [-0.4, -0.2) is 16.6 Å². The fraction of sp³-hybridized carbons (Fsp3) is 0.200. The van der Waals surface area contributed by atoms with Crippen LogP contribution in [0.5, 0.6) is 5.88 Å². The van der Waals surface area contributed by atoms with Crippen LogP contribution in [0.25, 0.3) is 11.5 Å². The number of rotatable bonds is 3. The number of anilines is 1. The lowest BCUT2D eigenvalue weighted by molar-refractivity contribution is 0.327. The molecule has 78 valence electrons. The molecule has 15 heavy (non-hydrogen) atoms. The number of furan rings is 1. The van der Waals surface area contributed by atoms with E-state index in [0.29, 0.717) is 23.9 Å².